The predicted molar refractivity (Wildman–Crippen MR) is 149 cm³/mol. The average molecular weight is 612 g/mol. The highest BCUT2D eigenvalue weighted by Gasteiger charge is 2.29. The number of nitrogens with zero attached hydrogens (tertiary/aromatic N) is 4. The smallest absolute Gasteiger partial charge is 0.326 e. The van der Waals surface area contributed by atoms with Gasteiger partial charge in [-0.2, -0.15) is 0 Å². The lowest BCUT2D eigenvalue weighted by atomic mass is 10.2. The molecule has 2 heterocycles. The van der Waals surface area contributed by atoms with Crippen LogP contribution in [0.4, 0.5) is 5.69 Å². The van der Waals surface area contributed by atoms with Crippen LogP contribution in [0, 0.1) is 0 Å². The van der Waals surface area contributed by atoms with Crippen molar-refractivity contribution in [3.8, 4) is 5.82 Å². The summed E-state index contributed by atoms with van der Waals surface area (Å²) < 4.78 is 58.7. The molecule has 0 bridgehead atoms. The Bertz CT molecular complexity index is 1720. The van der Waals surface area contributed by atoms with Crippen molar-refractivity contribution in [3.05, 3.63) is 71.1 Å². The van der Waals surface area contributed by atoms with Gasteiger partial charge in [-0.1, -0.05) is 36.5 Å². The maximum absolute atomic E-state index is 13.7. The minimum absolute atomic E-state index is 0.127. The molecule has 0 amide bonds. The highest BCUT2D eigenvalue weighted by atomic mass is 35.5. The average Bonchev–Trinajstić information content (AvgIpc) is 3.29. The quantitative estimate of drug-likeness (QED) is 0.187. The molecular formula is C25H24Cl2N4O6S2. The monoisotopic (exact) mass is 610 g/mol. The molecule has 0 unspecified atom stereocenters. The van der Waals surface area contributed by atoms with Crippen LogP contribution in [0.15, 0.2) is 71.0 Å². The molecule has 2 aromatic heterocycles. The van der Waals surface area contributed by atoms with Crippen LogP contribution in [0.25, 0.3) is 16.7 Å². The molecule has 0 aliphatic rings. The SMILES string of the molecule is CCCCOC(=O)CN(c1ccc2c(ccn2-c2cnc(S(C)(=O)=O)cn2)c1)S(=O)(=O)c1cc(Cl)cc(Cl)c1. The summed E-state index contributed by atoms with van der Waals surface area (Å²) in [6, 6.07) is 10.5. The lowest BCUT2D eigenvalue weighted by Gasteiger charge is -2.24. The van der Waals surface area contributed by atoms with E-state index in [0.717, 1.165) is 17.0 Å². The summed E-state index contributed by atoms with van der Waals surface area (Å²) in [5, 5.41) is 0.729. The number of anilines is 1. The topological polar surface area (TPSA) is 129 Å². The van der Waals surface area contributed by atoms with Gasteiger partial charge in [-0.25, -0.2) is 26.8 Å². The van der Waals surface area contributed by atoms with E-state index in [0.29, 0.717) is 23.1 Å². The molecule has 0 atom stereocenters. The maximum Gasteiger partial charge on any atom is 0.326 e. The van der Waals surface area contributed by atoms with Gasteiger partial charge in [-0.3, -0.25) is 13.7 Å². The fourth-order valence-corrected chi connectivity index (χ4v) is 6.34. The Labute approximate surface area is 236 Å². The maximum atomic E-state index is 13.7. The molecule has 0 spiro atoms. The Balaban J connectivity index is 1.75. The zero-order valence-corrected chi connectivity index (χ0v) is 24.1. The summed E-state index contributed by atoms with van der Waals surface area (Å²) in [4.78, 5) is 20.6. The Kier molecular flexibility index (Phi) is 8.50. The van der Waals surface area contributed by atoms with Crippen LogP contribution in [0.2, 0.25) is 10.0 Å². The number of rotatable bonds is 10. The first-order valence-electron chi connectivity index (χ1n) is 11.7. The number of hydrogen-bond donors (Lipinski definition) is 0. The third-order valence-corrected chi connectivity index (χ3v) is 8.82. The normalized spacial score (nSPS) is 12.0. The van der Waals surface area contributed by atoms with E-state index in [1.54, 1.807) is 35.0 Å². The van der Waals surface area contributed by atoms with Crippen LogP contribution < -0.4 is 4.31 Å². The summed E-state index contributed by atoms with van der Waals surface area (Å²) >= 11 is 12.1. The van der Waals surface area contributed by atoms with Gasteiger partial charge in [0.05, 0.1) is 35.1 Å². The number of unbranched alkanes of at least 4 members (excludes halogenated alkanes) is 1. The third-order valence-electron chi connectivity index (χ3n) is 5.66. The summed E-state index contributed by atoms with van der Waals surface area (Å²) in [5.41, 5.74) is 0.858. The molecule has 0 aliphatic carbocycles. The number of hydrogen-bond acceptors (Lipinski definition) is 8. The van der Waals surface area contributed by atoms with Gasteiger partial charge in [-0.15, -0.1) is 0 Å². The number of sulfonamides is 1. The Morgan fingerprint density at radius 2 is 1.72 bits per heavy atom. The van der Waals surface area contributed by atoms with E-state index in [9.17, 15) is 21.6 Å². The van der Waals surface area contributed by atoms with E-state index >= 15 is 0 Å². The van der Waals surface area contributed by atoms with Crippen molar-refractivity contribution in [1.82, 2.24) is 14.5 Å². The van der Waals surface area contributed by atoms with Gasteiger partial charge in [0.25, 0.3) is 10.0 Å². The first kappa shape index (κ1) is 28.8. The predicted octanol–water partition coefficient (Wildman–Crippen LogP) is 4.67. The Hall–Kier alpha value is -3.19. The lowest BCUT2D eigenvalue weighted by molar-refractivity contribution is -0.141. The van der Waals surface area contributed by atoms with Gasteiger partial charge >= 0.3 is 5.97 Å². The van der Waals surface area contributed by atoms with E-state index in [-0.39, 0.29) is 32.3 Å². The second-order valence-corrected chi connectivity index (χ2v) is 13.3. The first-order valence-corrected chi connectivity index (χ1v) is 15.8. The third kappa shape index (κ3) is 6.52. The number of ether oxygens (including phenoxy) is 1. The van der Waals surface area contributed by atoms with E-state index < -0.39 is 32.4 Å². The lowest BCUT2D eigenvalue weighted by Crippen LogP contribution is -2.36. The van der Waals surface area contributed by atoms with E-state index in [1.807, 2.05) is 6.92 Å². The number of sulfone groups is 1. The van der Waals surface area contributed by atoms with E-state index in [4.69, 9.17) is 27.9 Å². The fourth-order valence-electron chi connectivity index (χ4n) is 3.72. The molecule has 4 rings (SSSR count). The second-order valence-electron chi connectivity index (χ2n) is 8.60. The number of benzene rings is 2. The zero-order valence-electron chi connectivity index (χ0n) is 20.9. The summed E-state index contributed by atoms with van der Waals surface area (Å²) in [5.74, 6) is -0.346. The van der Waals surface area contributed by atoms with Gasteiger partial charge in [0.2, 0.25) is 0 Å². The van der Waals surface area contributed by atoms with Crippen LogP contribution in [-0.2, 0) is 29.4 Å². The fraction of sp³-hybridized carbons (Fsp3) is 0.240. The standard InChI is InChI=1S/C25H24Cl2N4O6S2/c1-3-4-9-37-25(32)16-31(39(35,36)21-12-18(26)11-19(27)13-21)20-5-6-22-17(10-20)7-8-30(22)23-14-29-24(15-28-23)38(2,33)34/h5-8,10-15H,3-4,9,16H2,1-2H3. The van der Waals surface area contributed by atoms with E-state index in [1.165, 1.54) is 30.6 Å². The van der Waals surface area contributed by atoms with Crippen molar-refractivity contribution in [2.24, 2.45) is 0 Å². The first-order chi connectivity index (χ1) is 18.4. The Morgan fingerprint density at radius 3 is 2.33 bits per heavy atom. The highest BCUT2D eigenvalue weighted by Crippen LogP contribution is 2.31. The van der Waals surface area contributed by atoms with Crippen molar-refractivity contribution < 1.29 is 26.4 Å². The highest BCUT2D eigenvalue weighted by molar-refractivity contribution is 7.93. The van der Waals surface area contributed by atoms with Gasteiger partial charge in [0.15, 0.2) is 20.7 Å². The van der Waals surface area contributed by atoms with Gasteiger partial charge in [0, 0.05) is 27.9 Å². The Morgan fingerprint density at radius 1 is 1.00 bits per heavy atom. The van der Waals surface area contributed by atoms with Crippen LogP contribution in [0.1, 0.15) is 19.8 Å². The van der Waals surface area contributed by atoms with Crippen LogP contribution >= 0.6 is 23.2 Å². The van der Waals surface area contributed by atoms with Crippen molar-refractivity contribution in [3.63, 3.8) is 0 Å². The molecule has 10 nitrogen and oxygen atoms in total. The summed E-state index contributed by atoms with van der Waals surface area (Å²) in [6.07, 6.45) is 6.68. The molecule has 14 heteroatoms. The number of aromatic nitrogens is 3. The van der Waals surface area contributed by atoms with Gasteiger partial charge in [0.1, 0.15) is 6.54 Å². The van der Waals surface area contributed by atoms with Crippen LogP contribution in [0.3, 0.4) is 0 Å². The summed E-state index contributed by atoms with van der Waals surface area (Å²) in [7, 11) is -7.79. The minimum Gasteiger partial charge on any atom is -0.464 e. The number of carbonyl (C=O) groups excluding carboxylic acids is 1. The zero-order chi connectivity index (χ0) is 28.4. The van der Waals surface area contributed by atoms with Crippen molar-refractivity contribution in [2.75, 3.05) is 23.7 Å². The number of halogens is 2. The molecule has 0 fully saturated rings. The molecule has 0 saturated heterocycles. The number of carbonyl (C=O) groups is 1. The molecule has 39 heavy (non-hydrogen) atoms. The molecule has 4 aromatic rings. The second kappa shape index (κ2) is 11.5. The molecule has 0 aliphatic heterocycles. The van der Waals surface area contributed by atoms with Gasteiger partial charge in [-0.05, 0) is 48.9 Å². The molecule has 0 saturated carbocycles. The van der Waals surface area contributed by atoms with Crippen molar-refractivity contribution in [1.29, 1.82) is 0 Å². The number of esters is 1. The molecule has 206 valence electrons. The summed E-state index contributed by atoms with van der Waals surface area (Å²) in [6.45, 7) is 1.55. The van der Waals surface area contributed by atoms with E-state index in [2.05, 4.69) is 9.97 Å². The minimum atomic E-state index is -4.28. The molecular weight excluding hydrogens is 587 g/mol. The van der Waals surface area contributed by atoms with Crippen LogP contribution in [-0.4, -0.2) is 56.7 Å². The largest absolute Gasteiger partial charge is 0.464 e. The van der Waals surface area contributed by atoms with Crippen molar-refractivity contribution >= 4 is 65.6 Å². The van der Waals surface area contributed by atoms with Crippen molar-refractivity contribution in [2.45, 2.75) is 29.7 Å². The number of fused-ring (bicyclic) bond motifs is 1. The van der Waals surface area contributed by atoms with Gasteiger partial charge < -0.3 is 4.74 Å². The molecule has 2 aromatic carbocycles. The molecule has 0 N–H and O–H groups in total. The van der Waals surface area contributed by atoms with Crippen LogP contribution in [0.5, 0.6) is 0 Å². The molecule has 0 radical (unpaired) electrons.